The number of carbonyl (C=O) groups excluding carboxylic acids is 1. The lowest BCUT2D eigenvalue weighted by Crippen LogP contribution is -2.28. The molecule has 6 heteroatoms. The average molecular weight is 397 g/mol. The summed E-state index contributed by atoms with van der Waals surface area (Å²) in [5.74, 6) is 0.620. The number of carbonyl (C=O) groups is 1. The molecule has 0 N–H and O–H groups in total. The number of nitrogens with zero attached hydrogens (tertiary/aromatic N) is 2. The summed E-state index contributed by atoms with van der Waals surface area (Å²) in [6.45, 7) is 1.73. The van der Waals surface area contributed by atoms with Crippen molar-refractivity contribution < 1.29 is 14.3 Å². The SMILES string of the molecule is COc1cc(/C=C(\C#N)C(=O)N2CCCC2)cc(Cl)c1OCc1ccccc1. The first-order chi connectivity index (χ1) is 13.6. The summed E-state index contributed by atoms with van der Waals surface area (Å²) in [6.07, 6.45) is 3.48. The zero-order chi connectivity index (χ0) is 19.9. The number of benzene rings is 2. The van der Waals surface area contributed by atoms with E-state index in [0.717, 1.165) is 18.4 Å². The first-order valence-corrected chi connectivity index (χ1v) is 9.45. The van der Waals surface area contributed by atoms with E-state index >= 15 is 0 Å². The highest BCUT2D eigenvalue weighted by Crippen LogP contribution is 2.37. The van der Waals surface area contributed by atoms with Crippen molar-refractivity contribution in [2.24, 2.45) is 0 Å². The molecule has 0 atom stereocenters. The minimum Gasteiger partial charge on any atom is -0.493 e. The highest BCUT2D eigenvalue weighted by molar-refractivity contribution is 6.32. The summed E-state index contributed by atoms with van der Waals surface area (Å²) in [6, 6.07) is 15.1. The van der Waals surface area contributed by atoms with Gasteiger partial charge in [0.1, 0.15) is 18.2 Å². The van der Waals surface area contributed by atoms with Crippen LogP contribution in [0.5, 0.6) is 11.5 Å². The van der Waals surface area contributed by atoms with Crippen molar-refractivity contribution in [2.45, 2.75) is 19.4 Å². The molecule has 3 rings (SSSR count). The maximum atomic E-state index is 12.5. The molecule has 1 aliphatic rings. The zero-order valence-electron chi connectivity index (χ0n) is 15.7. The van der Waals surface area contributed by atoms with E-state index in [4.69, 9.17) is 21.1 Å². The highest BCUT2D eigenvalue weighted by atomic mass is 35.5. The second-order valence-corrected chi connectivity index (χ2v) is 6.88. The summed E-state index contributed by atoms with van der Waals surface area (Å²) in [5, 5.41) is 9.78. The Hall–Kier alpha value is -2.97. The fourth-order valence-electron chi connectivity index (χ4n) is 3.09. The Kier molecular flexibility index (Phi) is 6.57. The Morgan fingerprint density at radius 3 is 2.61 bits per heavy atom. The maximum absolute atomic E-state index is 12.5. The first kappa shape index (κ1) is 19.8. The summed E-state index contributed by atoms with van der Waals surface area (Å²) < 4.78 is 11.3. The molecule has 2 aromatic rings. The molecule has 144 valence electrons. The minimum atomic E-state index is -0.250. The van der Waals surface area contributed by atoms with Crippen molar-refractivity contribution >= 4 is 23.6 Å². The molecular weight excluding hydrogens is 376 g/mol. The van der Waals surface area contributed by atoms with Gasteiger partial charge in [-0.15, -0.1) is 0 Å². The molecule has 0 aliphatic carbocycles. The lowest BCUT2D eigenvalue weighted by molar-refractivity contribution is -0.125. The fourth-order valence-corrected chi connectivity index (χ4v) is 3.37. The van der Waals surface area contributed by atoms with Gasteiger partial charge in [0, 0.05) is 13.1 Å². The number of methoxy groups -OCH3 is 1. The van der Waals surface area contributed by atoms with Gasteiger partial charge in [-0.3, -0.25) is 4.79 Å². The molecule has 0 bridgehead atoms. The largest absolute Gasteiger partial charge is 0.493 e. The standard InChI is InChI=1S/C22H21ClN2O3/c1-27-20-13-17(11-18(14-24)22(26)25-9-5-6-10-25)12-19(23)21(20)28-15-16-7-3-2-4-8-16/h2-4,7-8,11-13H,5-6,9-10,15H2,1H3/b18-11+. The van der Waals surface area contributed by atoms with Crippen LogP contribution in [0, 0.1) is 11.3 Å². The molecule has 0 unspecified atom stereocenters. The van der Waals surface area contributed by atoms with Crippen molar-refractivity contribution in [2.75, 3.05) is 20.2 Å². The van der Waals surface area contributed by atoms with E-state index < -0.39 is 0 Å². The molecule has 2 aromatic carbocycles. The summed E-state index contributed by atoms with van der Waals surface area (Å²) in [5.41, 5.74) is 1.70. The van der Waals surface area contributed by atoms with E-state index in [1.165, 1.54) is 13.2 Å². The number of ether oxygens (including phenoxy) is 2. The quantitative estimate of drug-likeness (QED) is 0.534. The van der Waals surface area contributed by atoms with E-state index in [2.05, 4.69) is 0 Å². The monoisotopic (exact) mass is 396 g/mol. The minimum absolute atomic E-state index is 0.0815. The van der Waals surface area contributed by atoms with E-state index in [1.807, 2.05) is 36.4 Å². The number of amides is 1. The summed E-state index contributed by atoms with van der Waals surface area (Å²) >= 11 is 6.40. The van der Waals surface area contributed by atoms with E-state index in [0.29, 0.717) is 41.8 Å². The Morgan fingerprint density at radius 2 is 1.96 bits per heavy atom. The third-order valence-corrected chi connectivity index (χ3v) is 4.81. The smallest absolute Gasteiger partial charge is 0.264 e. The lowest BCUT2D eigenvalue weighted by Gasteiger charge is -2.15. The Morgan fingerprint density at radius 1 is 1.25 bits per heavy atom. The van der Waals surface area contributed by atoms with Gasteiger partial charge < -0.3 is 14.4 Å². The molecule has 1 amide bonds. The van der Waals surface area contributed by atoms with Crippen LogP contribution in [-0.4, -0.2) is 31.0 Å². The molecular formula is C22H21ClN2O3. The van der Waals surface area contributed by atoms with Crippen LogP contribution in [0.1, 0.15) is 24.0 Å². The third kappa shape index (κ3) is 4.65. The maximum Gasteiger partial charge on any atom is 0.264 e. The van der Waals surface area contributed by atoms with Crippen LogP contribution in [0.25, 0.3) is 6.08 Å². The van der Waals surface area contributed by atoms with Crippen molar-refractivity contribution in [1.29, 1.82) is 5.26 Å². The van der Waals surface area contributed by atoms with Gasteiger partial charge in [0.25, 0.3) is 5.91 Å². The van der Waals surface area contributed by atoms with Crippen LogP contribution in [0.15, 0.2) is 48.0 Å². The van der Waals surface area contributed by atoms with Gasteiger partial charge >= 0.3 is 0 Å². The normalized spacial score (nSPS) is 13.9. The number of halogens is 1. The van der Waals surface area contributed by atoms with Crippen molar-refractivity contribution in [3.05, 3.63) is 64.2 Å². The molecule has 0 radical (unpaired) electrons. The van der Waals surface area contributed by atoms with Crippen molar-refractivity contribution in [3.8, 4) is 17.6 Å². The van der Waals surface area contributed by atoms with Crippen LogP contribution in [0.4, 0.5) is 0 Å². The molecule has 28 heavy (non-hydrogen) atoms. The van der Waals surface area contributed by atoms with Gasteiger partial charge in [0.05, 0.1) is 12.1 Å². The predicted molar refractivity (Wildman–Crippen MR) is 108 cm³/mol. The summed E-state index contributed by atoms with van der Waals surface area (Å²) in [7, 11) is 1.52. The van der Waals surface area contributed by atoms with Crippen LogP contribution >= 0.6 is 11.6 Å². The van der Waals surface area contributed by atoms with Gasteiger partial charge in [-0.05, 0) is 42.2 Å². The third-order valence-electron chi connectivity index (χ3n) is 4.53. The number of hydrogen-bond acceptors (Lipinski definition) is 4. The van der Waals surface area contributed by atoms with Gasteiger partial charge in [-0.25, -0.2) is 0 Å². The predicted octanol–water partition coefficient (Wildman–Crippen LogP) is 4.46. The second kappa shape index (κ2) is 9.29. The Bertz CT molecular complexity index is 913. The number of likely N-dealkylation sites (tertiary alicyclic amines) is 1. The van der Waals surface area contributed by atoms with E-state index in [-0.39, 0.29) is 11.5 Å². The van der Waals surface area contributed by atoms with E-state index in [9.17, 15) is 10.1 Å². The molecule has 1 heterocycles. The van der Waals surface area contributed by atoms with Crippen molar-refractivity contribution in [3.63, 3.8) is 0 Å². The molecule has 0 saturated carbocycles. The molecule has 0 aromatic heterocycles. The van der Waals surface area contributed by atoms with Crippen molar-refractivity contribution in [1.82, 2.24) is 4.90 Å². The van der Waals surface area contributed by atoms with Crippen LogP contribution in [0.2, 0.25) is 5.02 Å². The molecule has 1 saturated heterocycles. The van der Waals surface area contributed by atoms with E-state index in [1.54, 1.807) is 17.0 Å². The van der Waals surface area contributed by atoms with Gasteiger partial charge in [0.2, 0.25) is 0 Å². The topological polar surface area (TPSA) is 62.6 Å². The number of hydrogen-bond donors (Lipinski definition) is 0. The Balaban J connectivity index is 1.83. The zero-order valence-corrected chi connectivity index (χ0v) is 16.4. The van der Waals surface area contributed by atoms with Crippen LogP contribution in [-0.2, 0) is 11.4 Å². The van der Waals surface area contributed by atoms with Gasteiger partial charge in [0.15, 0.2) is 11.5 Å². The molecule has 5 nitrogen and oxygen atoms in total. The van der Waals surface area contributed by atoms with Crippen LogP contribution in [0.3, 0.4) is 0 Å². The Labute approximate surface area is 169 Å². The molecule has 1 fully saturated rings. The highest BCUT2D eigenvalue weighted by Gasteiger charge is 2.22. The fraction of sp³-hybridized carbons (Fsp3) is 0.273. The number of rotatable bonds is 6. The van der Waals surface area contributed by atoms with Crippen LogP contribution < -0.4 is 9.47 Å². The lowest BCUT2D eigenvalue weighted by atomic mass is 10.1. The number of nitriles is 1. The summed E-state index contributed by atoms with van der Waals surface area (Å²) in [4.78, 5) is 14.2. The molecule has 1 aliphatic heterocycles. The molecule has 0 spiro atoms. The van der Waals surface area contributed by atoms with Gasteiger partial charge in [-0.2, -0.15) is 5.26 Å². The van der Waals surface area contributed by atoms with Gasteiger partial charge in [-0.1, -0.05) is 41.9 Å². The first-order valence-electron chi connectivity index (χ1n) is 9.07. The second-order valence-electron chi connectivity index (χ2n) is 6.48. The average Bonchev–Trinajstić information content (AvgIpc) is 3.26.